The highest BCUT2D eigenvalue weighted by atomic mass is 35.5. The number of alkyl halides is 3. The Balaban J connectivity index is 1.89. The maximum absolute atomic E-state index is 14.0. The summed E-state index contributed by atoms with van der Waals surface area (Å²) < 4.78 is 42.0. The molecule has 0 saturated carbocycles. The van der Waals surface area contributed by atoms with Crippen molar-refractivity contribution in [3.63, 3.8) is 0 Å². The molecule has 0 bridgehead atoms. The van der Waals surface area contributed by atoms with Crippen LogP contribution in [0.3, 0.4) is 0 Å². The van der Waals surface area contributed by atoms with Crippen LogP contribution in [0.25, 0.3) is 0 Å². The Bertz CT molecular complexity index is 888. The predicted octanol–water partition coefficient (Wildman–Crippen LogP) is 3.19. The predicted molar refractivity (Wildman–Crippen MR) is 101 cm³/mol. The van der Waals surface area contributed by atoms with Crippen molar-refractivity contribution in [2.75, 3.05) is 24.5 Å². The van der Waals surface area contributed by atoms with Crippen LogP contribution in [0.2, 0.25) is 5.02 Å². The van der Waals surface area contributed by atoms with E-state index in [9.17, 15) is 18.0 Å². The summed E-state index contributed by atoms with van der Waals surface area (Å²) >= 11 is 6.07. The molecule has 0 amide bonds. The highest BCUT2D eigenvalue weighted by Crippen LogP contribution is 2.40. The average molecular weight is 416 g/mol. The normalized spacial score (nSPS) is 19.6. The summed E-state index contributed by atoms with van der Waals surface area (Å²) in [5, 5.41) is 5.99. The number of pyridine rings is 1. The van der Waals surface area contributed by atoms with Gasteiger partial charge in [-0.1, -0.05) is 24.6 Å². The summed E-state index contributed by atoms with van der Waals surface area (Å²) in [4.78, 5) is 19.1. The monoisotopic (exact) mass is 415 g/mol. The van der Waals surface area contributed by atoms with Crippen molar-refractivity contribution in [2.24, 2.45) is 0 Å². The zero-order valence-corrected chi connectivity index (χ0v) is 16.3. The number of anilines is 1. The molecule has 0 spiro atoms. The van der Waals surface area contributed by atoms with Gasteiger partial charge in [-0.25, -0.2) is 5.10 Å². The third kappa shape index (κ3) is 4.00. The van der Waals surface area contributed by atoms with E-state index < -0.39 is 17.8 Å². The van der Waals surface area contributed by atoms with Gasteiger partial charge in [-0.3, -0.25) is 14.7 Å². The molecule has 6 nitrogen and oxygen atoms in total. The van der Waals surface area contributed by atoms with Gasteiger partial charge in [0.25, 0.3) is 5.56 Å². The van der Waals surface area contributed by atoms with E-state index in [1.165, 1.54) is 29.4 Å². The van der Waals surface area contributed by atoms with Gasteiger partial charge in [0.15, 0.2) is 0 Å². The zero-order chi connectivity index (χ0) is 20.5. The number of piperazine rings is 1. The van der Waals surface area contributed by atoms with Crippen LogP contribution in [-0.2, 0) is 6.42 Å². The number of H-pyrrole nitrogens is 1. The van der Waals surface area contributed by atoms with E-state index in [-0.39, 0.29) is 29.7 Å². The van der Waals surface area contributed by atoms with Crippen molar-refractivity contribution in [2.45, 2.75) is 38.5 Å². The van der Waals surface area contributed by atoms with Crippen LogP contribution < -0.4 is 10.5 Å². The number of hydrogen-bond donors (Lipinski definition) is 1. The summed E-state index contributed by atoms with van der Waals surface area (Å²) in [6.45, 7) is 4.21. The minimum atomic E-state index is -4.43. The third-order valence-corrected chi connectivity index (χ3v) is 5.34. The summed E-state index contributed by atoms with van der Waals surface area (Å²) in [5.74, 6) is 0. The van der Waals surface area contributed by atoms with Crippen molar-refractivity contribution in [3.8, 4) is 0 Å². The average Bonchev–Trinajstić information content (AvgIpc) is 2.64. The Morgan fingerprint density at radius 3 is 2.79 bits per heavy atom. The fourth-order valence-corrected chi connectivity index (χ4v) is 3.93. The Morgan fingerprint density at radius 1 is 1.39 bits per heavy atom. The lowest BCUT2D eigenvalue weighted by atomic mass is 9.99. The number of aryl methyl sites for hydroxylation is 1. The molecule has 152 valence electrons. The number of aromatic amines is 1. The molecule has 3 rings (SSSR count). The highest BCUT2D eigenvalue weighted by molar-refractivity contribution is 6.33. The molecule has 0 aromatic carbocycles. The standard InChI is InChI=1S/C18H21ClF3N5O/c1-3-13-12(5-4-6-23-13)16(18(20,21)22)26-7-8-27(11(2)10-26)14-9-24-25-17(28)15(14)19/h4-6,9,11,16H,3,7-8,10H2,1-2H3,(H,25,28)/t11-,16?/m1/s1. The summed E-state index contributed by atoms with van der Waals surface area (Å²) in [6.07, 6.45) is -1.07. The number of rotatable bonds is 4. The molecule has 3 heterocycles. The molecule has 1 unspecified atom stereocenters. The maximum Gasteiger partial charge on any atom is 0.408 e. The lowest BCUT2D eigenvalue weighted by Gasteiger charge is -2.44. The van der Waals surface area contributed by atoms with Gasteiger partial charge in [-0.05, 0) is 25.0 Å². The molecule has 1 aliphatic heterocycles. The quantitative estimate of drug-likeness (QED) is 0.830. The van der Waals surface area contributed by atoms with E-state index in [2.05, 4.69) is 15.2 Å². The smallest absolute Gasteiger partial charge is 0.364 e. The minimum absolute atomic E-state index is 0.0109. The maximum atomic E-state index is 14.0. The first-order chi connectivity index (χ1) is 13.2. The highest BCUT2D eigenvalue weighted by Gasteiger charge is 2.47. The van der Waals surface area contributed by atoms with Crippen LogP contribution in [0.4, 0.5) is 18.9 Å². The number of hydrogen-bond acceptors (Lipinski definition) is 5. The molecule has 2 aromatic rings. The van der Waals surface area contributed by atoms with Crippen LogP contribution in [0.1, 0.15) is 31.1 Å². The van der Waals surface area contributed by atoms with Crippen LogP contribution in [-0.4, -0.2) is 51.9 Å². The number of nitrogens with zero attached hydrogens (tertiary/aromatic N) is 4. The second kappa shape index (κ2) is 8.08. The molecule has 10 heteroatoms. The Morgan fingerprint density at radius 2 is 2.14 bits per heavy atom. The molecule has 2 aromatic heterocycles. The van der Waals surface area contributed by atoms with Gasteiger partial charge in [0.2, 0.25) is 0 Å². The Kier molecular flexibility index (Phi) is 5.95. The van der Waals surface area contributed by atoms with Crippen molar-refractivity contribution >= 4 is 17.3 Å². The lowest BCUT2D eigenvalue weighted by molar-refractivity contribution is -0.188. The number of nitrogens with one attached hydrogen (secondary N) is 1. The summed E-state index contributed by atoms with van der Waals surface area (Å²) in [6, 6.07) is 1.02. The van der Waals surface area contributed by atoms with Gasteiger partial charge >= 0.3 is 6.18 Å². The van der Waals surface area contributed by atoms with Crippen molar-refractivity contribution in [3.05, 3.63) is 51.2 Å². The van der Waals surface area contributed by atoms with E-state index >= 15 is 0 Å². The van der Waals surface area contributed by atoms with Crippen LogP contribution in [0.5, 0.6) is 0 Å². The topological polar surface area (TPSA) is 65.1 Å². The van der Waals surface area contributed by atoms with Crippen molar-refractivity contribution in [1.29, 1.82) is 0 Å². The van der Waals surface area contributed by atoms with Crippen molar-refractivity contribution in [1.82, 2.24) is 20.1 Å². The van der Waals surface area contributed by atoms with Gasteiger partial charge in [-0.2, -0.15) is 18.3 Å². The Labute approximate surface area is 165 Å². The molecule has 0 radical (unpaired) electrons. The Hall–Kier alpha value is -2.13. The fourth-order valence-electron chi connectivity index (χ4n) is 3.73. The van der Waals surface area contributed by atoms with Crippen molar-refractivity contribution < 1.29 is 13.2 Å². The zero-order valence-electron chi connectivity index (χ0n) is 15.5. The van der Waals surface area contributed by atoms with E-state index in [0.717, 1.165) is 0 Å². The fraction of sp³-hybridized carbons (Fsp3) is 0.500. The van der Waals surface area contributed by atoms with Gasteiger partial charge in [-0.15, -0.1) is 0 Å². The molecule has 0 aliphatic carbocycles. The molecule has 1 fully saturated rings. The van der Waals surface area contributed by atoms with E-state index in [4.69, 9.17) is 11.6 Å². The van der Waals surface area contributed by atoms with Gasteiger partial charge < -0.3 is 4.90 Å². The van der Waals surface area contributed by atoms with Gasteiger partial charge in [0.05, 0.1) is 11.9 Å². The van der Waals surface area contributed by atoms with Gasteiger partial charge in [0, 0.05) is 37.6 Å². The number of aromatic nitrogens is 3. The molecule has 2 atom stereocenters. The third-order valence-electron chi connectivity index (χ3n) is 4.98. The molecule has 1 N–H and O–H groups in total. The number of halogens is 4. The molecule has 1 aliphatic rings. The molecule has 28 heavy (non-hydrogen) atoms. The summed E-state index contributed by atoms with van der Waals surface area (Å²) in [5.41, 5.74) is 0.539. The summed E-state index contributed by atoms with van der Waals surface area (Å²) in [7, 11) is 0. The van der Waals surface area contributed by atoms with E-state index in [1.807, 2.05) is 4.90 Å². The SMILES string of the molecule is CCc1ncccc1C(N1CCN(c2cn[nH]c(=O)c2Cl)[C@H](C)C1)C(F)(F)F. The van der Waals surface area contributed by atoms with E-state index in [1.54, 1.807) is 13.8 Å². The first kappa shape index (κ1) is 20.6. The molecular formula is C18H21ClF3N5O. The van der Waals surface area contributed by atoms with Gasteiger partial charge in [0.1, 0.15) is 11.1 Å². The molecule has 1 saturated heterocycles. The first-order valence-electron chi connectivity index (χ1n) is 8.98. The van der Waals surface area contributed by atoms with E-state index in [0.29, 0.717) is 24.3 Å². The minimum Gasteiger partial charge on any atom is -0.364 e. The molecular weight excluding hydrogens is 395 g/mol. The van der Waals surface area contributed by atoms with Crippen LogP contribution in [0.15, 0.2) is 29.3 Å². The van der Waals surface area contributed by atoms with Crippen LogP contribution >= 0.6 is 11.6 Å². The largest absolute Gasteiger partial charge is 0.408 e. The second-order valence-corrected chi connectivity index (χ2v) is 7.15. The van der Waals surface area contributed by atoms with Crippen LogP contribution in [0, 0.1) is 0 Å². The lowest BCUT2D eigenvalue weighted by Crippen LogP contribution is -2.55. The first-order valence-corrected chi connectivity index (χ1v) is 9.36. The second-order valence-electron chi connectivity index (χ2n) is 6.77.